The summed E-state index contributed by atoms with van der Waals surface area (Å²) in [6, 6.07) is 27.5. The summed E-state index contributed by atoms with van der Waals surface area (Å²) in [5.74, 6) is 1.41. The van der Waals surface area contributed by atoms with E-state index in [1.807, 2.05) is 25.4 Å². The molecular formula is C38H44N4. The Morgan fingerprint density at radius 1 is 0.929 bits per heavy atom. The van der Waals surface area contributed by atoms with Gasteiger partial charge in [-0.1, -0.05) is 87.7 Å². The Kier molecular flexibility index (Phi) is 8.91. The standard InChI is InChI=1S/C38H44N4/c1-7-31-13-19-35(22-26(31)2)41-36-24-30(25-36)23-29-10-16-33(17-11-29)38(4,5)32-14-8-28(9-15-32)12-18-34-20-21-40-37(42-34)27(3)39-6/h7-11,13-17,19-22,30,36,39,41H,1,3,12,18,23-25H2,2,4-6H3. The third-order valence-electron chi connectivity index (χ3n) is 8.93. The number of anilines is 1. The highest BCUT2D eigenvalue weighted by Gasteiger charge is 2.29. The molecule has 1 saturated carbocycles. The minimum atomic E-state index is -0.0586. The van der Waals surface area contributed by atoms with Gasteiger partial charge in [0.2, 0.25) is 0 Å². The van der Waals surface area contributed by atoms with Crippen LogP contribution in [0.2, 0.25) is 0 Å². The summed E-state index contributed by atoms with van der Waals surface area (Å²) < 4.78 is 0. The van der Waals surface area contributed by atoms with Crippen molar-refractivity contribution in [2.24, 2.45) is 5.92 Å². The van der Waals surface area contributed by atoms with Gasteiger partial charge in [0.1, 0.15) is 0 Å². The van der Waals surface area contributed by atoms with Gasteiger partial charge in [-0.3, -0.25) is 0 Å². The van der Waals surface area contributed by atoms with Crippen molar-refractivity contribution < 1.29 is 0 Å². The van der Waals surface area contributed by atoms with Gasteiger partial charge in [-0.15, -0.1) is 0 Å². The van der Waals surface area contributed by atoms with Crippen molar-refractivity contribution in [3.63, 3.8) is 0 Å². The molecule has 5 rings (SSSR count). The predicted molar refractivity (Wildman–Crippen MR) is 178 cm³/mol. The van der Waals surface area contributed by atoms with Crippen molar-refractivity contribution in [1.82, 2.24) is 15.3 Å². The smallest absolute Gasteiger partial charge is 0.175 e. The number of aromatic nitrogens is 2. The van der Waals surface area contributed by atoms with Crippen molar-refractivity contribution in [2.45, 2.75) is 64.3 Å². The molecular weight excluding hydrogens is 512 g/mol. The second kappa shape index (κ2) is 12.8. The molecule has 216 valence electrons. The maximum absolute atomic E-state index is 4.64. The van der Waals surface area contributed by atoms with Crippen molar-refractivity contribution in [2.75, 3.05) is 12.4 Å². The van der Waals surface area contributed by atoms with Crippen LogP contribution in [0.5, 0.6) is 0 Å². The number of nitrogens with zero attached hydrogens (tertiary/aromatic N) is 2. The molecule has 4 aromatic rings. The molecule has 2 N–H and O–H groups in total. The Bertz CT molecular complexity index is 1530. The molecule has 1 heterocycles. The number of hydrogen-bond acceptors (Lipinski definition) is 4. The lowest BCUT2D eigenvalue weighted by atomic mass is 9.75. The van der Waals surface area contributed by atoms with E-state index in [2.05, 4.69) is 121 Å². The number of nitrogens with one attached hydrogen (secondary N) is 2. The molecule has 0 atom stereocenters. The van der Waals surface area contributed by atoms with Crippen LogP contribution in [0.4, 0.5) is 5.69 Å². The van der Waals surface area contributed by atoms with Crippen LogP contribution in [0.1, 0.15) is 71.6 Å². The van der Waals surface area contributed by atoms with Gasteiger partial charge in [-0.2, -0.15) is 0 Å². The number of benzene rings is 3. The van der Waals surface area contributed by atoms with E-state index in [1.165, 1.54) is 51.9 Å². The number of rotatable bonds is 12. The molecule has 0 spiro atoms. The van der Waals surface area contributed by atoms with Crippen LogP contribution in [0.3, 0.4) is 0 Å². The van der Waals surface area contributed by atoms with Gasteiger partial charge in [-0.25, -0.2) is 9.97 Å². The van der Waals surface area contributed by atoms with E-state index in [-0.39, 0.29) is 5.41 Å². The van der Waals surface area contributed by atoms with E-state index < -0.39 is 0 Å². The Morgan fingerprint density at radius 2 is 1.60 bits per heavy atom. The molecule has 1 aromatic heterocycles. The quantitative estimate of drug-likeness (QED) is 0.185. The summed E-state index contributed by atoms with van der Waals surface area (Å²) in [6.45, 7) is 14.6. The Morgan fingerprint density at radius 3 is 2.21 bits per heavy atom. The fraction of sp³-hybridized carbons (Fsp3) is 0.316. The van der Waals surface area contributed by atoms with Crippen LogP contribution in [0.25, 0.3) is 11.8 Å². The van der Waals surface area contributed by atoms with Crippen LogP contribution in [0, 0.1) is 12.8 Å². The topological polar surface area (TPSA) is 49.8 Å². The Labute approximate surface area is 252 Å². The monoisotopic (exact) mass is 556 g/mol. The fourth-order valence-corrected chi connectivity index (χ4v) is 5.96. The molecule has 0 aliphatic heterocycles. The van der Waals surface area contributed by atoms with Crippen LogP contribution < -0.4 is 10.6 Å². The maximum Gasteiger partial charge on any atom is 0.175 e. The zero-order valence-corrected chi connectivity index (χ0v) is 25.6. The van der Waals surface area contributed by atoms with Crippen molar-refractivity contribution in [3.05, 3.63) is 137 Å². The van der Waals surface area contributed by atoms with Gasteiger partial charge in [0.15, 0.2) is 5.82 Å². The second-order valence-electron chi connectivity index (χ2n) is 12.3. The van der Waals surface area contributed by atoms with Crippen LogP contribution in [0.15, 0.2) is 92.2 Å². The van der Waals surface area contributed by atoms with Crippen LogP contribution >= 0.6 is 0 Å². The van der Waals surface area contributed by atoms with Gasteiger partial charge in [0.05, 0.1) is 5.70 Å². The van der Waals surface area contributed by atoms with Crippen molar-refractivity contribution in [3.8, 4) is 0 Å². The van der Waals surface area contributed by atoms with Gasteiger partial charge >= 0.3 is 0 Å². The average molecular weight is 557 g/mol. The van der Waals surface area contributed by atoms with Gasteiger partial charge in [0.25, 0.3) is 0 Å². The molecule has 0 radical (unpaired) electrons. The molecule has 42 heavy (non-hydrogen) atoms. The zero-order chi connectivity index (χ0) is 29.7. The molecule has 1 aliphatic carbocycles. The summed E-state index contributed by atoms with van der Waals surface area (Å²) in [7, 11) is 1.84. The first kappa shape index (κ1) is 29.3. The second-order valence-corrected chi connectivity index (χ2v) is 12.3. The first-order valence-corrected chi connectivity index (χ1v) is 15.1. The average Bonchev–Trinajstić information content (AvgIpc) is 2.99. The third kappa shape index (κ3) is 6.82. The highest BCUT2D eigenvalue weighted by atomic mass is 15.0. The van der Waals surface area contributed by atoms with E-state index in [9.17, 15) is 0 Å². The van der Waals surface area contributed by atoms with Crippen molar-refractivity contribution >= 4 is 17.5 Å². The molecule has 0 unspecified atom stereocenters. The molecule has 0 amide bonds. The largest absolute Gasteiger partial charge is 0.386 e. The minimum Gasteiger partial charge on any atom is -0.386 e. The highest BCUT2D eigenvalue weighted by molar-refractivity contribution is 5.58. The normalized spacial score (nSPS) is 16.4. The minimum absolute atomic E-state index is 0.0586. The lowest BCUT2D eigenvalue weighted by Crippen LogP contribution is -2.36. The molecule has 4 nitrogen and oxygen atoms in total. The molecule has 1 fully saturated rings. The first-order chi connectivity index (χ1) is 20.2. The van der Waals surface area contributed by atoms with Crippen LogP contribution in [-0.4, -0.2) is 23.1 Å². The van der Waals surface area contributed by atoms with Gasteiger partial charge in [-0.05, 0) is 96.5 Å². The molecule has 0 saturated heterocycles. The summed E-state index contributed by atoms with van der Waals surface area (Å²) in [4.78, 5) is 8.94. The van der Waals surface area contributed by atoms with E-state index in [0.29, 0.717) is 11.9 Å². The first-order valence-electron chi connectivity index (χ1n) is 15.1. The van der Waals surface area contributed by atoms with Gasteiger partial charge in [0, 0.05) is 36.1 Å². The summed E-state index contributed by atoms with van der Waals surface area (Å²) in [6.07, 6.45) is 9.15. The third-order valence-corrected chi connectivity index (χ3v) is 8.93. The molecule has 0 bridgehead atoms. The number of hydrogen-bond donors (Lipinski definition) is 2. The summed E-state index contributed by atoms with van der Waals surface area (Å²) >= 11 is 0. The molecule has 1 aliphatic rings. The maximum atomic E-state index is 4.64. The van der Waals surface area contributed by atoms with E-state index >= 15 is 0 Å². The SMILES string of the molecule is C=Cc1ccc(NC2CC(Cc3ccc(C(C)(C)c4ccc(CCc5ccnc(C(=C)NC)n5)cc4)cc3)C2)cc1C. The highest BCUT2D eigenvalue weighted by Crippen LogP contribution is 2.35. The number of aryl methyl sites for hydroxylation is 3. The lowest BCUT2D eigenvalue weighted by molar-refractivity contribution is 0.281. The summed E-state index contributed by atoms with van der Waals surface area (Å²) in [5, 5.41) is 6.74. The zero-order valence-electron chi connectivity index (χ0n) is 25.6. The molecule has 4 heteroatoms. The van der Waals surface area contributed by atoms with Crippen molar-refractivity contribution in [1.29, 1.82) is 0 Å². The van der Waals surface area contributed by atoms with E-state index in [0.717, 1.165) is 36.6 Å². The Balaban J connectivity index is 1.12. The molecule has 3 aromatic carbocycles. The van der Waals surface area contributed by atoms with Gasteiger partial charge < -0.3 is 10.6 Å². The fourth-order valence-electron chi connectivity index (χ4n) is 5.96. The lowest BCUT2D eigenvalue weighted by Gasteiger charge is -2.37. The summed E-state index contributed by atoms with van der Waals surface area (Å²) in [5.41, 5.74) is 10.8. The van der Waals surface area contributed by atoms with Crippen LogP contribution in [-0.2, 0) is 24.7 Å². The predicted octanol–water partition coefficient (Wildman–Crippen LogP) is 8.16. The van der Waals surface area contributed by atoms with E-state index in [4.69, 9.17) is 0 Å². The Hall–Kier alpha value is -4.18. The van der Waals surface area contributed by atoms with E-state index in [1.54, 1.807) is 0 Å².